The van der Waals surface area contributed by atoms with E-state index in [9.17, 15) is 10.1 Å². The van der Waals surface area contributed by atoms with Crippen LogP contribution in [0.3, 0.4) is 0 Å². The third-order valence-corrected chi connectivity index (χ3v) is 4.23. The Bertz CT molecular complexity index is 686. The Hall–Kier alpha value is -1.73. The van der Waals surface area contributed by atoms with Crippen molar-refractivity contribution in [3.05, 3.63) is 39.0 Å². The lowest BCUT2D eigenvalue weighted by molar-refractivity contribution is -0.384. The second-order valence-electron chi connectivity index (χ2n) is 5.18. The van der Waals surface area contributed by atoms with Gasteiger partial charge in [0.05, 0.1) is 10.4 Å². The SMILES string of the molecule is O=[N+]([O-])c1cnc2ccc(Br)cc2c1NCC1CCNC1. The number of nitrogens with zero attached hydrogens (tertiary/aromatic N) is 2. The largest absolute Gasteiger partial charge is 0.379 e. The highest BCUT2D eigenvalue weighted by molar-refractivity contribution is 9.10. The third-order valence-electron chi connectivity index (χ3n) is 3.74. The van der Waals surface area contributed by atoms with Crippen LogP contribution in [0.5, 0.6) is 0 Å². The summed E-state index contributed by atoms with van der Waals surface area (Å²) in [5.74, 6) is 0.500. The van der Waals surface area contributed by atoms with E-state index in [1.165, 1.54) is 6.20 Å². The summed E-state index contributed by atoms with van der Waals surface area (Å²) >= 11 is 3.41. The maximum Gasteiger partial charge on any atom is 0.311 e. The minimum atomic E-state index is -0.386. The number of anilines is 1. The topological polar surface area (TPSA) is 80.1 Å². The van der Waals surface area contributed by atoms with Crippen LogP contribution in [0.2, 0.25) is 0 Å². The summed E-state index contributed by atoms with van der Waals surface area (Å²) in [7, 11) is 0. The highest BCUT2D eigenvalue weighted by atomic mass is 79.9. The number of hydrogen-bond acceptors (Lipinski definition) is 5. The molecule has 1 fully saturated rings. The first kappa shape index (κ1) is 14.2. The van der Waals surface area contributed by atoms with Crippen LogP contribution < -0.4 is 10.6 Å². The van der Waals surface area contributed by atoms with Crippen molar-refractivity contribution in [3.63, 3.8) is 0 Å². The van der Waals surface area contributed by atoms with E-state index in [1.807, 2.05) is 18.2 Å². The third kappa shape index (κ3) is 2.98. The lowest BCUT2D eigenvalue weighted by Crippen LogP contribution is -2.18. The fraction of sp³-hybridized carbons (Fsp3) is 0.357. The van der Waals surface area contributed by atoms with Crippen LogP contribution in [0.1, 0.15) is 6.42 Å². The molecule has 110 valence electrons. The van der Waals surface area contributed by atoms with Crippen molar-refractivity contribution in [2.45, 2.75) is 6.42 Å². The molecule has 1 atom stereocenters. The first-order valence-electron chi connectivity index (χ1n) is 6.82. The number of pyridine rings is 1. The van der Waals surface area contributed by atoms with Gasteiger partial charge in [-0.3, -0.25) is 10.1 Å². The minimum Gasteiger partial charge on any atom is -0.379 e. The molecule has 1 aromatic heterocycles. The first-order valence-corrected chi connectivity index (χ1v) is 7.61. The average Bonchev–Trinajstić information content (AvgIpc) is 2.97. The molecule has 2 aromatic rings. The molecule has 1 aliphatic heterocycles. The van der Waals surface area contributed by atoms with Crippen molar-refractivity contribution in [1.82, 2.24) is 10.3 Å². The van der Waals surface area contributed by atoms with Crippen LogP contribution in [0, 0.1) is 16.0 Å². The van der Waals surface area contributed by atoms with Gasteiger partial charge in [-0.25, -0.2) is 4.98 Å². The van der Waals surface area contributed by atoms with E-state index in [2.05, 4.69) is 31.5 Å². The van der Waals surface area contributed by atoms with Crippen LogP contribution in [0.25, 0.3) is 10.9 Å². The predicted octanol–water partition coefficient (Wildman–Crippen LogP) is 2.93. The van der Waals surface area contributed by atoms with E-state index in [4.69, 9.17) is 0 Å². The molecule has 0 saturated carbocycles. The van der Waals surface area contributed by atoms with Gasteiger partial charge >= 0.3 is 5.69 Å². The summed E-state index contributed by atoms with van der Waals surface area (Å²) in [4.78, 5) is 15.0. The molecule has 1 aliphatic rings. The highest BCUT2D eigenvalue weighted by Gasteiger charge is 2.20. The van der Waals surface area contributed by atoms with E-state index in [0.717, 1.165) is 41.4 Å². The van der Waals surface area contributed by atoms with E-state index in [1.54, 1.807) is 0 Å². The number of hydrogen-bond donors (Lipinski definition) is 2. The van der Waals surface area contributed by atoms with Crippen molar-refractivity contribution >= 4 is 38.2 Å². The fourth-order valence-electron chi connectivity index (χ4n) is 2.61. The average molecular weight is 351 g/mol. The standard InChI is InChI=1S/C14H15BrN4O2/c15-10-1-2-12-11(5-10)14(13(8-17-12)19(20)21)18-7-9-3-4-16-6-9/h1-2,5,8-9,16H,3-4,6-7H2,(H,17,18). The monoisotopic (exact) mass is 350 g/mol. The van der Waals surface area contributed by atoms with Crippen LogP contribution in [0.4, 0.5) is 11.4 Å². The molecule has 1 unspecified atom stereocenters. The Morgan fingerprint density at radius 2 is 2.38 bits per heavy atom. The molecule has 6 nitrogen and oxygen atoms in total. The second kappa shape index (κ2) is 5.95. The quantitative estimate of drug-likeness (QED) is 0.654. The number of nitrogens with one attached hydrogen (secondary N) is 2. The van der Waals surface area contributed by atoms with Crippen molar-refractivity contribution in [2.75, 3.05) is 25.0 Å². The van der Waals surface area contributed by atoms with Gasteiger partial charge in [-0.05, 0) is 43.6 Å². The Morgan fingerprint density at radius 3 is 3.10 bits per heavy atom. The van der Waals surface area contributed by atoms with Crippen molar-refractivity contribution in [1.29, 1.82) is 0 Å². The summed E-state index contributed by atoms with van der Waals surface area (Å²) in [5.41, 5.74) is 1.32. The molecule has 0 amide bonds. The zero-order chi connectivity index (χ0) is 14.8. The van der Waals surface area contributed by atoms with Gasteiger partial charge < -0.3 is 10.6 Å². The van der Waals surface area contributed by atoms with Gasteiger partial charge in [0.15, 0.2) is 0 Å². The van der Waals surface area contributed by atoms with Crippen molar-refractivity contribution < 1.29 is 4.92 Å². The predicted molar refractivity (Wildman–Crippen MR) is 85.6 cm³/mol. The molecular formula is C14H15BrN4O2. The molecule has 7 heteroatoms. The van der Waals surface area contributed by atoms with E-state index >= 15 is 0 Å². The smallest absolute Gasteiger partial charge is 0.311 e. The molecule has 0 spiro atoms. The molecule has 0 aliphatic carbocycles. The van der Waals surface area contributed by atoms with Crippen molar-refractivity contribution in [3.8, 4) is 0 Å². The molecule has 21 heavy (non-hydrogen) atoms. The van der Waals surface area contributed by atoms with Gasteiger partial charge in [-0.2, -0.15) is 0 Å². The molecule has 0 bridgehead atoms. The fourth-order valence-corrected chi connectivity index (χ4v) is 2.97. The zero-order valence-corrected chi connectivity index (χ0v) is 12.9. The number of aromatic nitrogens is 1. The molecule has 0 radical (unpaired) electrons. The highest BCUT2D eigenvalue weighted by Crippen LogP contribution is 2.33. The van der Waals surface area contributed by atoms with Crippen LogP contribution in [-0.4, -0.2) is 29.5 Å². The van der Waals surface area contributed by atoms with Crippen LogP contribution in [0.15, 0.2) is 28.9 Å². The van der Waals surface area contributed by atoms with Gasteiger partial charge in [0.2, 0.25) is 0 Å². The molecular weight excluding hydrogens is 336 g/mol. The number of fused-ring (bicyclic) bond motifs is 1. The molecule has 3 rings (SSSR count). The molecule has 1 saturated heterocycles. The summed E-state index contributed by atoms with van der Waals surface area (Å²) in [5, 5.41) is 18.6. The first-order chi connectivity index (χ1) is 10.1. The maximum absolute atomic E-state index is 11.2. The van der Waals surface area contributed by atoms with Crippen LogP contribution in [-0.2, 0) is 0 Å². The Kier molecular flexibility index (Phi) is 4.03. The molecule has 2 N–H and O–H groups in total. The Labute approximate surface area is 130 Å². The summed E-state index contributed by atoms with van der Waals surface area (Å²) < 4.78 is 0.878. The number of rotatable bonds is 4. The van der Waals surface area contributed by atoms with Gasteiger partial charge in [0.25, 0.3) is 0 Å². The normalized spacial score (nSPS) is 18.0. The minimum absolute atomic E-state index is 0.0200. The zero-order valence-electron chi connectivity index (χ0n) is 11.3. The van der Waals surface area contributed by atoms with Crippen LogP contribution >= 0.6 is 15.9 Å². The summed E-state index contributed by atoms with van der Waals surface area (Å²) in [6, 6.07) is 5.60. The van der Waals surface area contributed by atoms with Gasteiger partial charge in [0, 0.05) is 16.4 Å². The van der Waals surface area contributed by atoms with Gasteiger partial charge in [-0.15, -0.1) is 0 Å². The van der Waals surface area contributed by atoms with Gasteiger partial charge in [-0.1, -0.05) is 15.9 Å². The number of benzene rings is 1. The maximum atomic E-state index is 11.2. The van der Waals surface area contributed by atoms with E-state index in [-0.39, 0.29) is 10.6 Å². The van der Waals surface area contributed by atoms with Crippen molar-refractivity contribution in [2.24, 2.45) is 5.92 Å². The Balaban J connectivity index is 2.00. The van der Waals surface area contributed by atoms with E-state index < -0.39 is 0 Å². The Morgan fingerprint density at radius 1 is 1.52 bits per heavy atom. The number of nitro groups is 1. The second-order valence-corrected chi connectivity index (χ2v) is 6.09. The summed E-state index contributed by atoms with van der Waals surface area (Å²) in [6.45, 7) is 2.68. The summed E-state index contributed by atoms with van der Waals surface area (Å²) in [6.07, 6.45) is 2.42. The molecule has 1 aromatic carbocycles. The molecule has 2 heterocycles. The lowest BCUT2D eigenvalue weighted by Gasteiger charge is -2.13. The number of halogens is 1. The van der Waals surface area contributed by atoms with Gasteiger partial charge in [0.1, 0.15) is 11.9 Å². The van der Waals surface area contributed by atoms with E-state index in [0.29, 0.717) is 11.6 Å². The lowest BCUT2D eigenvalue weighted by atomic mass is 10.1.